The molecule has 0 aliphatic carbocycles. The Bertz CT molecular complexity index is 393. The van der Waals surface area contributed by atoms with Gasteiger partial charge >= 0.3 is 5.97 Å². The van der Waals surface area contributed by atoms with Gasteiger partial charge in [0.2, 0.25) is 0 Å². The molecule has 1 rings (SSSR count). The van der Waals surface area contributed by atoms with Gasteiger partial charge in [-0.15, -0.1) is 0 Å². The van der Waals surface area contributed by atoms with Gasteiger partial charge in [0.15, 0.2) is 0 Å². The fourth-order valence-corrected chi connectivity index (χ4v) is 1.50. The second-order valence-corrected chi connectivity index (χ2v) is 3.60. The minimum Gasteiger partial charge on any atom is -0.469 e. The lowest BCUT2D eigenvalue weighted by molar-refractivity contribution is -0.140. The van der Waals surface area contributed by atoms with Crippen molar-refractivity contribution in [3.63, 3.8) is 0 Å². The van der Waals surface area contributed by atoms with Crippen molar-refractivity contribution in [1.29, 1.82) is 5.26 Å². The van der Waals surface area contributed by atoms with Crippen molar-refractivity contribution in [2.45, 2.75) is 25.7 Å². The Labute approximate surface area is 95.7 Å². The topological polar surface area (TPSA) is 50.1 Å². The number of hydrogen-bond donors (Lipinski definition) is 0. The van der Waals surface area contributed by atoms with E-state index in [-0.39, 0.29) is 5.97 Å². The first kappa shape index (κ1) is 12.3. The second kappa shape index (κ2) is 6.62. The van der Waals surface area contributed by atoms with E-state index in [1.165, 1.54) is 7.11 Å². The average Bonchev–Trinajstić information content (AvgIpc) is 2.34. The van der Waals surface area contributed by atoms with Crippen LogP contribution in [0.4, 0.5) is 0 Å². The van der Waals surface area contributed by atoms with Crippen molar-refractivity contribution in [3.8, 4) is 6.07 Å². The number of carbonyl (C=O) groups excluding carboxylic acids is 1. The van der Waals surface area contributed by atoms with E-state index in [0.29, 0.717) is 12.0 Å². The standard InChI is InChI=1S/C13H15NO2/c1-16-13(15)8-3-2-5-11-6-4-7-12(9-11)10-14/h4,6-7,9H,2-3,5,8H2,1H3. The molecule has 0 saturated carbocycles. The van der Waals surface area contributed by atoms with Crippen LogP contribution in [0.5, 0.6) is 0 Å². The molecule has 0 bridgehead atoms. The lowest BCUT2D eigenvalue weighted by Gasteiger charge is -2.01. The molecule has 84 valence electrons. The number of benzene rings is 1. The zero-order valence-electron chi connectivity index (χ0n) is 9.40. The highest BCUT2D eigenvalue weighted by Crippen LogP contribution is 2.09. The molecule has 0 heterocycles. The van der Waals surface area contributed by atoms with Crippen LogP contribution in [0.25, 0.3) is 0 Å². The molecular formula is C13H15NO2. The summed E-state index contributed by atoms with van der Waals surface area (Å²) >= 11 is 0. The zero-order valence-corrected chi connectivity index (χ0v) is 9.40. The Balaban J connectivity index is 2.32. The van der Waals surface area contributed by atoms with E-state index in [1.54, 1.807) is 6.07 Å². The summed E-state index contributed by atoms with van der Waals surface area (Å²) in [6.45, 7) is 0. The van der Waals surface area contributed by atoms with Crippen LogP contribution in [0, 0.1) is 11.3 Å². The third-order valence-corrected chi connectivity index (χ3v) is 2.38. The summed E-state index contributed by atoms with van der Waals surface area (Å²) < 4.78 is 4.56. The lowest BCUT2D eigenvalue weighted by Crippen LogP contribution is -1.99. The van der Waals surface area contributed by atoms with Crippen LogP contribution >= 0.6 is 0 Å². The smallest absolute Gasteiger partial charge is 0.305 e. The van der Waals surface area contributed by atoms with Crippen molar-refractivity contribution in [2.24, 2.45) is 0 Å². The molecule has 0 saturated heterocycles. The molecule has 0 fully saturated rings. The maximum Gasteiger partial charge on any atom is 0.305 e. The van der Waals surface area contributed by atoms with Gasteiger partial charge < -0.3 is 4.74 Å². The first-order valence-corrected chi connectivity index (χ1v) is 5.32. The van der Waals surface area contributed by atoms with Gasteiger partial charge in [0.1, 0.15) is 0 Å². The van der Waals surface area contributed by atoms with E-state index in [0.717, 1.165) is 24.8 Å². The summed E-state index contributed by atoms with van der Waals surface area (Å²) in [5.74, 6) is -0.161. The van der Waals surface area contributed by atoms with Crippen molar-refractivity contribution in [1.82, 2.24) is 0 Å². The molecule has 0 amide bonds. The Hall–Kier alpha value is -1.82. The highest BCUT2D eigenvalue weighted by Gasteiger charge is 2.00. The molecular weight excluding hydrogens is 202 g/mol. The van der Waals surface area contributed by atoms with Crippen molar-refractivity contribution in [2.75, 3.05) is 7.11 Å². The molecule has 0 aromatic heterocycles. The summed E-state index contributed by atoms with van der Waals surface area (Å²) in [5.41, 5.74) is 1.83. The first-order valence-electron chi connectivity index (χ1n) is 5.32. The molecule has 1 aromatic rings. The van der Waals surface area contributed by atoms with Gasteiger partial charge in [0, 0.05) is 6.42 Å². The number of hydrogen-bond acceptors (Lipinski definition) is 3. The van der Waals surface area contributed by atoms with Crippen LogP contribution in [0.1, 0.15) is 30.4 Å². The molecule has 16 heavy (non-hydrogen) atoms. The third-order valence-electron chi connectivity index (χ3n) is 2.38. The van der Waals surface area contributed by atoms with Gasteiger partial charge in [-0.3, -0.25) is 4.79 Å². The van der Waals surface area contributed by atoms with E-state index < -0.39 is 0 Å². The van der Waals surface area contributed by atoms with E-state index in [2.05, 4.69) is 10.8 Å². The molecule has 0 N–H and O–H groups in total. The normalized spacial score (nSPS) is 9.50. The largest absolute Gasteiger partial charge is 0.469 e. The number of nitrogens with zero attached hydrogens (tertiary/aromatic N) is 1. The predicted molar refractivity (Wildman–Crippen MR) is 60.7 cm³/mol. The van der Waals surface area contributed by atoms with Gasteiger partial charge in [-0.2, -0.15) is 5.26 Å². The molecule has 3 heteroatoms. The molecule has 0 aliphatic heterocycles. The van der Waals surface area contributed by atoms with Gasteiger partial charge in [0.05, 0.1) is 18.7 Å². The lowest BCUT2D eigenvalue weighted by atomic mass is 10.0. The van der Waals surface area contributed by atoms with Gasteiger partial charge in [-0.1, -0.05) is 12.1 Å². The third kappa shape index (κ3) is 4.14. The molecule has 3 nitrogen and oxygen atoms in total. The van der Waals surface area contributed by atoms with Crippen LogP contribution in [-0.2, 0) is 16.0 Å². The number of esters is 1. The summed E-state index contributed by atoms with van der Waals surface area (Å²) in [7, 11) is 1.40. The van der Waals surface area contributed by atoms with Crippen molar-refractivity contribution < 1.29 is 9.53 Å². The number of aryl methyl sites for hydroxylation is 1. The molecule has 0 radical (unpaired) electrons. The summed E-state index contributed by atoms with van der Waals surface area (Å²) in [5, 5.41) is 8.73. The van der Waals surface area contributed by atoms with Gasteiger partial charge in [0.25, 0.3) is 0 Å². The number of nitriles is 1. The van der Waals surface area contributed by atoms with Crippen LogP contribution in [-0.4, -0.2) is 13.1 Å². The van der Waals surface area contributed by atoms with Gasteiger partial charge in [-0.05, 0) is 37.0 Å². The summed E-state index contributed by atoms with van der Waals surface area (Å²) in [6.07, 6.45) is 3.12. The summed E-state index contributed by atoms with van der Waals surface area (Å²) in [4.78, 5) is 10.9. The Kier molecular flexibility index (Phi) is 5.07. The Morgan fingerprint density at radius 2 is 2.25 bits per heavy atom. The van der Waals surface area contributed by atoms with Crippen molar-refractivity contribution >= 4 is 5.97 Å². The monoisotopic (exact) mass is 217 g/mol. The minimum absolute atomic E-state index is 0.161. The minimum atomic E-state index is -0.161. The van der Waals surface area contributed by atoms with Gasteiger partial charge in [-0.25, -0.2) is 0 Å². The molecule has 0 aliphatic rings. The highest BCUT2D eigenvalue weighted by molar-refractivity contribution is 5.68. The van der Waals surface area contributed by atoms with Crippen LogP contribution in [0.2, 0.25) is 0 Å². The molecule has 0 atom stereocenters. The molecule has 0 unspecified atom stereocenters. The number of rotatable bonds is 5. The van der Waals surface area contributed by atoms with E-state index in [9.17, 15) is 4.79 Å². The maximum atomic E-state index is 10.9. The molecule has 1 aromatic carbocycles. The fourth-order valence-electron chi connectivity index (χ4n) is 1.50. The predicted octanol–water partition coefficient (Wildman–Crippen LogP) is 2.44. The maximum absolute atomic E-state index is 10.9. The fraction of sp³-hybridized carbons (Fsp3) is 0.385. The number of ether oxygens (including phenoxy) is 1. The van der Waals surface area contributed by atoms with Crippen LogP contribution in [0.3, 0.4) is 0 Å². The summed E-state index contributed by atoms with van der Waals surface area (Å²) in [6, 6.07) is 9.67. The number of carbonyl (C=O) groups is 1. The zero-order chi connectivity index (χ0) is 11.8. The SMILES string of the molecule is COC(=O)CCCCc1cccc(C#N)c1. The quantitative estimate of drug-likeness (QED) is 0.562. The molecule has 0 spiro atoms. The van der Waals surface area contributed by atoms with Crippen LogP contribution in [0.15, 0.2) is 24.3 Å². The second-order valence-electron chi connectivity index (χ2n) is 3.60. The van der Waals surface area contributed by atoms with Crippen LogP contribution < -0.4 is 0 Å². The first-order chi connectivity index (χ1) is 7.76. The number of unbranched alkanes of at least 4 members (excludes halogenated alkanes) is 1. The average molecular weight is 217 g/mol. The van der Waals surface area contributed by atoms with E-state index in [4.69, 9.17) is 5.26 Å². The Morgan fingerprint density at radius 3 is 2.94 bits per heavy atom. The van der Waals surface area contributed by atoms with Crippen molar-refractivity contribution in [3.05, 3.63) is 35.4 Å². The Morgan fingerprint density at radius 1 is 1.44 bits per heavy atom. The number of methoxy groups -OCH3 is 1. The highest BCUT2D eigenvalue weighted by atomic mass is 16.5. The van der Waals surface area contributed by atoms with E-state index in [1.807, 2.05) is 18.2 Å². The van der Waals surface area contributed by atoms with E-state index >= 15 is 0 Å².